The minimum atomic E-state index is -0.276. The predicted octanol–water partition coefficient (Wildman–Crippen LogP) is 4.25. The zero-order valence-corrected chi connectivity index (χ0v) is 17.0. The molecule has 1 heterocycles. The summed E-state index contributed by atoms with van der Waals surface area (Å²) in [6.45, 7) is 3.03. The van der Waals surface area contributed by atoms with Crippen LogP contribution >= 0.6 is 0 Å². The molecule has 152 valence electrons. The third-order valence-corrected chi connectivity index (χ3v) is 4.61. The SMILES string of the molecule is CC=CC(Cc1ccc(OCCN(C)c2nc3ccccc3o2)cc1)C(=O)OC. The van der Waals surface area contributed by atoms with Crippen molar-refractivity contribution in [3.05, 3.63) is 66.2 Å². The Bertz CT molecular complexity index is 929. The summed E-state index contributed by atoms with van der Waals surface area (Å²) in [6.07, 6.45) is 4.32. The molecule has 0 aliphatic rings. The van der Waals surface area contributed by atoms with Crippen molar-refractivity contribution in [3.63, 3.8) is 0 Å². The topological polar surface area (TPSA) is 64.8 Å². The average molecular weight is 394 g/mol. The molecular formula is C23H26N2O4. The number of benzene rings is 2. The van der Waals surface area contributed by atoms with Crippen molar-refractivity contribution in [1.29, 1.82) is 0 Å². The minimum Gasteiger partial charge on any atom is -0.492 e. The molecule has 0 N–H and O–H groups in total. The molecule has 0 spiro atoms. The van der Waals surface area contributed by atoms with Gasteiger partial charge in [0.2, 0.25) is 0 Å². The fraction of sp³-hybridized carbons (Fsp3) is 0.304. The zero-order chi connectivity index (χ0) is 20.6. The van der Waals surface area contributed by atoms with Gasteiger partial charge in [-0.05, 0) is 43.2 Å². The molecule has 0 bridgehead atoms. The molecule has 2 aromatic carbocycles. The van der Waals surface area contributed by atoms with Gasteiger partial charge in [0.15, 0.2) is 5.58 Å². The second-order valence-electron chi connectivity index (χ2n) is 6.74. The van der Waals surface area contributed by atoms with Crippen LogP contribution in [0.15, 0.2) is 65.1 Å². The number of esters is 1. The highest BCUT2D eigenvalue weighted by atomic mass is 16.5. The van der Waals surface area contributed by atoms with E-state index < -0.39 is 0 Å². The van der Waals surface area contributed by atoms with E-state index in [0.29, 0.717) is 25.6 Å². The summed E-state index contributed by atoms with van der Waals surface area (Å²) in [6, 6.07) is 16.0. The van der Waals surface area contributed by atoms with Crippen LogP contribution in [0.1, 0.15) is 12.5 Å². The molecule has 1 aromatic heterocycles. The van der Waals surface area contributed by atoms with E-state index in [4.69, 9.17) is 13.9 Å². The van der Waals surface area contributed by atoms with E-state index in [9.17, 15) is 4.79 Å². The summed E-state index contributed by atoms with van der Waals surface area (Å²) >= 11 is 0. The lowest BCUT2D eigenvalue weighted by molar-refractivity contribution is -0.143. The van der Waals surface area contributed by atoms with Crippen molar-refractivity contribution in [2.75, 3.05) is 32.2 Å². The normalized spacial score (nSPS) is 12.2. The van der Waals surface area contributed by atoms with Crippen LogP contribution in [0.2, 0.25) is 0 Å². The fourth-order valence-corrected chi connectivity index (χ4v) is 3.01. The lowest BCUT2D eigenvalue weighted by Crippen LogP contribution is -2.23. The maximum absolute atomic E-state index is 11.8. The molecule has 3 aromatic rings. The molecule has 3 rings (SSSR count). The van der Waals surface area contributed by atoms with E-state index in [2.05, 4.69) is 4.98 Å². The molecule has 0 fully saturated rings. The van der Waals surface area contributed by atoms with Crippen LogP contribution in [-0.2, 0) is 16.0 Å². The smallest absolute Gasteiger partial charge is 0.312 e. The van der Waals surface area contributed by atoms with Gasteiger partial charge in [0.1, 0.15) is 17.9 Å². The monoisotopic (exact) mass is 394 g/mol. The van der Waals surface area contributed by atoms with E-state index in [-0.39, 0.29) is 11.9 Å². The number of aromatic nitrogens is 1. The largest absolute Gasteiger partial charge is 0.492 e. The molecule has 0 amide bonds. The number of carbonyl (C=O) groups is 1. The standard InChI is InChI=1S/C23H26N2O4/c1-4-7-18(22(26)27-3)16-17-10-12-19(13-11-17)28-15-14-25(2)23-24-20-8-5-6-9-21(20)29-23/h4-13,18H,14-16H2,1-3H3. The Morgan fingerprint density at radius 1 is 1.21 bits per heavy atom. The first-order chi connectivity index (χ1) is 14.1. The van der Waals surface area contributed by atoms with E-state index in [1.807, 2.05) is 79.6 Å². The van der Waals surface area contributed by atoms with Gasteiger partial charge in [0.25, 0.3) is 6.01 Å². The maximum Gasteiger partial charge on any atom is 0.312 e. The lowest BCUT2D eigenvalue weighted by Gasteiger charge is -2.15. The van der Waals surface area contributed by atoms with Crippen molar-refractivity contribution in [2.24, 2.45) is 5.92 Å². The number of likely N-dealkylation sites (N-methyl/N-ethyl adjacent to an activating group) is 1. The highest BCUT2D eigenvalue weighted by Crippen LogP contribution is 2.21. The van der Waals surface area contributed by atoms with Crippen LogP contribution < -0.4 is 9.64 Å². The first-order valence-electron chi connectivity index (χ1n) is 9.60. The number of hydrogen-bond acceptors (Lipinski definition) is 6. The number of allylic oxidation sites excluding steroid dienone is 1. The number of para-hydroxylation sites is 2. The number of methoxy groups -OCH3 is 1. The highest BCUT2D eigenvalue weighted by Gasteiger charge is 2.16. The van der Waals surface area contributed by atoms with Crippen LogP contribution in [0.3, 0.4) is 0 Å². The van der Waals surface area contributed by atoms with Gasteiger partial charge in [-0.2, -0.15) is 4.98 Å². The van der Waals surface area contributed by atoms with Gasteiger partial charge < -0.3 is 18.8 Å². The predicted molar refractivity (Wildman–Crippen MR) is 113 cm³/mol. The quantitative estimate of drug-likeness (QED) is 0.399. The number of anilines is 1. The summed E-state index contributed by atoms with van der Waals surface area (Å²) < 4.78 is 16.4. The minimum absolute atomic E-state index is 0.231. The van der Waals surface area contributed by atoms with Crippen molar-refractivity contribution in [3.8, 4) is 5.75 Å². The number of carbonyl (C=O) groups excluding carboxylic acids is 1. The second kappa shape index (κ2) is 9.78. The first kappa shape index (κ1) is 20.5. The number of ether oxygens (including phenoxy) is 2. The molecule has 1 atom stereocenters. The summed E-state index contributed by atoms with van der Waals surface area (Å²) in [5.41, 5.74) is 2.66. The third-order valence-electron chi connectivity index (χ3n) is 4.61. The molecule has 0 saturated heterocycles. The van der Waals surface area contributed by atoms with Crippen molar-refractivity contribution in [1.82, 2.24) is 4.98 Å². The van der Waals surface area contributed by atoms with Gasteiger partial charge in [-0.15, -0.1) is 0 Å². The lowest BCUT2D eigenvalue weighted by atomic mass is 9.99. The summed E-state index contributed by atoms with van der Waals surface area (Å²) in [4.78, 5) is 18.2. The molecule has 1 unspecified atom stereocenters. The molecule has 0 saturated carbocycles. The number of rotatable bonds is 9. The van der Waals surface area contributed by atoms with Crippen LogP contribution in [0, 0.1) is 5.92 Å². The van der Waals surface area contributed by atoms with Gasteiger partial charge >= 0.3 is 5.97 Å². The summed E-state index contributed by atoms with van der Waals surface area (Å²) in [7, 11) is 3.33. The fourth-order valence-electron chi connectivity index (χ4n) is 3.01. The number of fused-ring (bicyclic) bond motifs is 1. The third kappa shape index (κ3) is 5.38. The maximum atomic E-state index is 11.8. The van der Waals surface area contributed by atoms with Crippen LogP contribution in [0.25, 0.3) is 11.1 Å². The van der Waals surface area contributed by atoms with Crippen molar-refractivity contribution >= 4 is 23.1 Å². The average Bonchev–Trinajstić information content (AvgIpc) is 3.18. The Labute approximate surface area is 170 Å². The molecule has 29 heavy (non-hydrogen) atoms. The van der Waals surface area contributed by atoms with Crippen LogP contribution in [-0.4, -0.2) is 38.3 Å². The summed E-state index contributed by atoms with van der Waals surface area (Å²) in [5, 5.41) is 0. The van der Waals surface area contributed by atoms with Crippen LogP contribution in [0.4, 0.5) is 6.01 Å². The molecular weight excluding hydrogens is 368 g/mol. The Morgan fingerprint density at radius 3 is 2.66 bits per heavy atom. The molecule has 0 radical (unpaired) electrons. The molecule has 6 heteroatoms. The molecule has 0 aliphatic carbocycles. The van der Waals surface area contributed by atoms with Gasteiger partial charge in [0.05, 0.1) is 19.6 Å². The molecule has 6 nitrogen and oxygen atoms in total. The van der Waals surface area contributed by atoms with Gasteiger partial charge in [-0.25, -0.2) is 0 Å². The first-order valence-corrected chi connectivity index (χ1v) is 9.60. The van der Waals surface area contributed by atoms with Gasteiger partial charge in [-0.1, -0.05) is 36.4 Å². The Balaban J connectivity index is 1.51. The second-order valence-corrected chi connectivity index (χ2v) is 6.74. The number of oxazole rings is 1. The van der Waals surface area contributed by atoms with Crippen molar-refractivity contribution in [2.45, 2.75) is 13.3 Å². The van der Waals surface area contributed by atoms with Gasteiger partial charge in [0, 0.05) is 7.05 Å². The Kier molecular flexibility index (Phi) is 6.89. The van der Waals surface area contributed by atoms with E-state index in [1.54, 1.807) is 0 Å². The number of nitrogens with zero attached hydrogens (tertiary/aromatic N) is 2. The zero-order valence-electron chi connectivity index (χ0n) is 17.0. The van der Waals surface area contributed by atoms with E-state index in [1.165, 1.54) is 7.11 Å². The Morgan fingerprint density at radius 2 is 1.97 bits per heavy atom. The van der Waals surface area contributed by atoms with E-state index >= 15 is 0 Å². The molecule has 0 aliphatic heterocycles. The summed E-state index contributed by atoms with van der Waals surface area (Å²) in [5.74, 6) is 0.271. The van der Waals surface area contributed by atoms with Gasteiger partial charge in [-0.3, -0.25) is 4.79 Å². The number of hydrogen-bond donors (Lipinski definition) is 0. The van der Waals surface area contributed by atoms with Crippen molar-refractivity contribution < 1.29 is 18.7 Å². The van der Waals surface area contributed by atoms with Crippen LogP contribution in [0.5, 0.6) is 5.75 Å². The highest BCUT2D eigenvalue weighted by molar-refractivity contribution is 5.75. The Hall–Kier alpha value is -3.28. The van der Waals surface area contributed by atoms with E-state index in [0.717, 1.165) is 22.4 Å².